The van der Waals surface area contributed by atoms with Crippen LogP contribution in [0.4, 0.5) is 5.69 Å². The van der Waals surface area contributed by atoms with E-state index in [4.69, 9.17) is 5.73 Å². The molecule has 1 heterocycles. The molecule has 1 saturated heterocycles. The van der Waals surface area contributed by atoms with Crippen molar-refractivity contribution in [2.24, 2.45) is 5.73 Å². The van der Waals surface area contributed by atoms with Gasteiger partial charge in [-0.3, -0.25) is 0 Å². The zero-order valence-electron chi connectivity index (χ0n) is 11.2. The molecule has 0 bridgehead atoms. The van der Waals surface area contributed by atoms with Gasteiger partial charge in [-0.15, -0.1) is 0 Å². The van der Waals surface area contributed by atoms with Crippen LogP contribution in [0.1, 0.15) is 50.6 Å². The minimum Gasteiger partial charge on any atom is -0.372 e. The van der Waals surface area contributed by atoms with Gasteiger partial charge in [-0.05, 0) is 37.5 Å². The maximum Gasteiger partial charge on any atom is 0.0377 e. The molecule has 1 aliphatic rings. The summed E-state index contributed by atoms with van der Waals surface area (Å²) in [7, 11) is 0. The summed E-state index contributed by atoms with van der Waals surface area (Å²) >= 11 is 3.64. The van der Waals surface area contributed by atoms with Gasteiger partial charge in [0.2, 0.25) is 0 Å². The molecule has 0 amide bonds. The monoisotopic (exact) mass is 310 g/mol. The maximum absolute atomic E-state index is 5.95. The third kappa shape index (κ3) is 3.48. The topological polar surface area (TPSA) is 29.3 Å². The Balaban J connectivity index is 2.14. The Hall–Kier alpha value is -0.540. The van der Waals surface area contributed by atoms with Crippen molar-refractivity contribution in [1.82, 2.24) is 0 Å². The molecule has 1 atom stereocenters. The molecule has 2 rings (SSSR count). The molecule has 0 aromatic heterocycles. The van der Waals surface area contributed by atoms with E-state index in [2.05, 4.69) is 39.0 Å². The number of benzene rings is 1. The van der Waals surface area contributed by atoms with Crippen molar-refractivity contribution in [1.29, 1.82) is 0 Å². The van der Waals surface area contributed by atoms with Crippen molar-refractivity contribution in [3.63, 3.8) is 0 Å². The second-order valence-electron chi connectivity index (χ2n) is 5.25. The van der Waals surface area contributed by atoms with Crippen molar-refractivity contribution in [3.05, 3.63) is 28.2 Å². The summed E-state index contributed by atoms with van der Waals surface area (Å²) in [6, 6.07) is 6.68. The summed E-state index contributed by atoms with van der Waals surface area (Å²) < 4.78 is 1.14. The summed E-state index contributed by atoms with van der Waals surface area (Å²) in [6.45, 7) is 4.39. The minimum absolute atomic E-state index is 0.0840. The molecule has 1 aromatic carbocycles. The van der Waals surface area contributed by atoms with E-state index in [0.29, 0.717) is 0 Å². The van der Waals surface area contributed by atoms with Crippen molar-refractivity contribution in [3.8, 4) is 0 Å². The zero-order chi connectivity index (χ0) is 13.0. The Bertz CT molecular complexity index is 382. The number of halogens is 1. The Morgan fingerprint density at radius 3 is 2.28 bits per heavy atom. The first-order valence-corrected chi connectivity index (χ1v) is 7.78. The van der Waals surface area contributed by atoms with Crippen molar-refractivity contribution in [2.45, 2.75) is 45.1 Å². The van der Waals surface area contributed by atoms with E-state index in [0.717, 1.165) is 4.47 Å². The lowest BCUT2D eigenvalue weighted by atomic mass is 10.1. The van der Waals surface area contributed by atoms with Crippen LogP contribution < -0.4 is 10.6 Å². The van der Waals surface area contributed by atoms with E-state index in [1.54, 1.807) is 0 Å². The van der Waals surface area contributed by atoms with Crippen molar-refractivity contribution >= 4 is 21.6 Å². The van der Waals surface area contributed by atoms with E-state index < -0.39 is 0 Å². The summed E-state index contributed by atoms with van der Waals surface area (Å²) in [6.07, 6.45) is 6.77. The molecule has 0 radical (unpaired) electrons. The molecular formula is C15H23BrN2. The number of hydrogen-bond donors (Lipinski definition) is 1. The highest BCUT2D eigenvalue weighted by Crippen LogP contribution is 2.28. The highest BCUT2D eigenvalue weighted by atomic mass is 79.9. The molecule has 1 aromatic rings. The molecular weight excluding hydrogens is 288 g/mol. The van der Waals surface area contributed by atoms with Gasteiger partial charge in [0.1, 0.15) is 0 Å². The van der Waals surface area contributed by atoms with Crippen LogP contribution in [-0.4, -0.2) is 13.1 Å². The van der Waals surface area contributed by atoms with Gasteiger partial charge in [0.25, 0.3) is 0 Å². The van der Waals surface area contributed by atoms with Gasteiger partial charge in [-0.25, -0.2) is 0 Å². The fraction of sp³-hybridized carbons (Fsp3) is 0.600. The summed E-state index contributed by atoms with van der Waals surface area (Å²) in [5.74, 6) is 0. The Kier molecular flexibility index (Phi) is 5.07. The van der Waals surface area contributed by atoms with E-state index in [-0.39, 0.29) is 6.04 Å². The molecule has 2 N–H and O–H groups in total. The van der Waals surface area contributed by atoms with Crippen LogP contribution in [0, 0.1) is 0 Å². The van der Waals surface area contributed by atoms with Crippen LogP contribution in [0.2, 0.25) is 0 Å². The van der Waals surface area contributed by atoms with Gasteiger partial charge in [0.15, 0.2) is 0 Å². The molecule has 3 heteroatoms. The van der Waals surface area contributed by atoms with Gasteiger partial charge in [0, 0.05) is 29.3 Å². The van der Waals surface area contributed by atoms with Gasteiger partial charge < -0.3 is 10.6 Å². The Morgan fingerprint density at radius 2 is 1.72 bits per heavy atom. The molecule has 1 fully saturated rings. The van der Waals surface area contributed by atoms with Crippen LogP contribution in [0.3, 0.4) is 0 Å². The molecule has 0 spiro atoms. The predicted molar refractivity (Wildman–Crippen MR) is 82.0 cm³/mol. The van der Waals surface area contributed by atoms with E-state index in [9.17, 15) is 0 Å². The molecule has 1 aliphatic heterocycles. The second-order valence-corrected chi connectivity index (χ2v) is 6.10. The van der Waals surface area contributed by atoms with Gasteiger partial charge in [-0.2, -0.15) is 0 Å². The first-order valence-electron chi connectivity index (χ1n) is 6.98. The zero-order valence-corrected chi connectivity index (χ0v) is 12.7. The number of hydrogen-bond acceptors (Lipinski definition) is 2. The van der Waals surface area contributed by atoms with E-state index >= 15 is 0 Å². The summed E-state index contributed by atoms with van der Waals surface area (Å²) in [4.78, 5) is 2.51. The lowest BCUT2D eigenvalue weighted by molar-refractivity contribution is 0.556. The standard InChI is InChI=1S/C15H23BrN2/c1-12(17)14-8-7-13(11-15(14)16)18-9-5-3-2-4-6-10-18/h7-8,11-12H,2-6,9-10,17H2,1H3/t12-/m1/s1. The van der Waals surface area contributed by atoms with E-state index in [1.807, 2.05) is 6.92 Å². The lowest BCUT2D eigenvalue weighted by Crippen LogP contribution is -2.27. The highest BCUT2D eigenvalue weighted by Gasteiger charge is 2.11. The SMILES string of the molecule is C[C@@H](N)c1ccc(N2CCCCCCC2)cc1Br. The molecule has 100 valence electrons. The van der Waals surface area contributed by atoms with Crippen LogP contribution in [0.25, 0.3) is 0 Å². The van der Waals surface area contributed by atoms with E-state index in [1.165, 1.54) is 56.4 Å². The Morgan fingerprint density at radius 1 is 1.11 bits per heavy atom. The molecule has 0 saturated carbocycles. The quantitative estimate of drug-likeness (QED) is 0.885. The largest absolute Gasteiger partial charge is 0.372 e. The first-order chi connectivity index (χ1) is 8.68. The van der Waals surface area contributed by atoms with Crippen LogP contribution in [0.15, 0.2) is 22.7 Å². The number of nitrogens with two attached hydrogens (primary N) is 1. The number of rotatable bonds is 2. The highest BCUT2D eigenvalue weighted by molar-refractivity contribution is 9.10. The van der Waals surface area contributed by atoms with Crippen LogP contribution in [-0.2, 0) is 0 Å². The third-order valence-electron chi connectivity index (χ3n) is 3.70. The molecule has 18 heavy (non-hydrogen) atoms. The molecule has 2 nitrogen and oxygen atoms in total. The average Bonchev–Trinajstić information content (AvgIpc) is 2.27. The van der Waals surface area contributed by atoms with Crippen molar-refractivity contribution < 1.29 is 0 Å². The molecule has 0 aliphatic carbocycles. The minimum atomic E-state index is 0.0840. The van der Waals surface area contributed by atoms with Gasteiger partial charge in [0.05, 0.1) is 0 Å². The second kappa shape index (κ2) is 6.58. The van der Waals surface area contributed by atoms with Crippen LogP contribution >= 0.6 is 15.9 Å². The fourth-order valence-electron chi connectivity index (χ4n) is 2.59. The normalized spacial score (nSPS) is 19.2. The number of anilines is 1. The fourth-order valence-corrected chi connectivity index (χ4v) is 3.32. The smallest absolute Gasteiger partial charge is 0.0377 e. The molecule has 0 unspecified atom stereocenters. The predicted octanol–water partition coefficient (Wildman–Crippen LogP) is 4.24. The van der Waals surface area contributed by atoms with Crippen LogP contribution in [0.5, 0.6) is 0 Å². The maximum atomic E-state index is 5.95. The van der Waals surface area contributed by atoms with Gasteiger partial charge >= 0.3 is 0 Å². The summed E-state index contributed by atoms with van der Waals surface area (Å²) in [5.41, 5.74) is 8.46. The summed E-state index contributed by atoms with van der Waals surface area (Å²) in [5, 5.41) is 0. The number of nitrogens with zero attached hydrogens (tertiary/aromatic N) is 1. The van der Waals surface area contributed by atoms with Gasteiger partial charge in [-0.1, -0.05) is 41.3 Å². The van der Waals surface area contributed by atoms with Crippen molar-refractivity contribution in [2.75, 3.05) is 18.0 Å². The Labute approximate surface area is 119 Å². The first kappa shape index (κ1) is 13.9. The lowest BCUT2D eigenvalue weighted by Gasteiger charge is -2.27. The average molecular weight is 311 g/mol. The third-order valence-corrected chi connectivity index (χ3v) is 4.38.